The van der Waals surface area contributed by atoms with E-state index in [0.29, 0.717) is 73.0 Å². The molecule has 8 rings (SSSR count). The van der Waals surface area contributed by atoms with Crippen LogP contribution in [0.1, 0.15) is 24.8 Å². The zero-order chi connectivity index (χ0) is 33.6. The van der Waals surface area contributed by atoms with Crippen LogP contribution in [-0.4, -0.2) is 101 Å². The van der Waals surface area contributed by atoms with E-state index in [1.54, 1.807) is 29.2 Å². The van der Waals surface area contributed by atoms with Crippen molar-refractivity contribution in [1.29, 1.82) is 0 Å². The Labute approximate surface area is 276 Å². The van der Waals surface area contributed by atoms with Crippen molar-refractivity contribution in [3.05, 3.63) is 66.4 Å². The molecule has 248 valence electrons. The monoisotopic (exact) mass is 656 g/mol. The molecule has 4 fully saturated rings. The number of pyridine rings is 1. The van der Waals surface area contributed by atoms with Crippen molar-refractivity contribution in [2.24, 2.45) is 0 Å². The molecule has 12 heteroatoms. The number of rotatable bonds is 4. The number of halogens is 3. The minimum atomic E-state index is -0.712. The number of amides is 1. The number of anilines is 1. The second-order valence-electron chi connectivity index (χ2n) is 12.6. The molecule has 0 aliphatic carbocycles. The number of alkyl halides is 1. The third-order valence-electron chi connectivity index (χ3n) is 9.81. The van der Waals surface area contributed by atoms with Gasteiger partial charge in [-0.2, -0.15) is 9.97 Å². The first-order chi connectivity index (χ1) is 23.3. The zero-order valence-electron chi connectivity index (χ0n) is 26.6. The molecule has 4 aliphatic heterocycles. The molecule has 2 atom stereocenters. The lowest BCUT2D eigenvalue weighted by Crippen LogP contribution is -2.72. The second-order valence-corrected chi connectivity index (χ2v) is 12.6. The number of aromatic nitrogens is 3. The van der Waals surface area contributed by atoms with Gasteiger partial charge in [0.15, 0.2) is 5.82 Å². The highest BCUT2D eigenvalue weighted by Crippen LogP contribution is 2.38. The van der Waals surface area contributed by atoms with Crippen LogP contribution in [0.15, 0.2) is 49.2 Å². The Morgan fingerprint density at radius 3 is 2.73 bits per heavy atom. The first-order valence-electron chi connectivity index (χ1n) is 16.0. The minimum absolute atomic E-state index is 0.000945. The van der Waals surface area contributed by atoms with Crippen LogP contribution in [0.25, 0.3) is 32.9 Å². The van der Waals surface area contributed by atoms with Crippen LogP contribution in [0, 0.1) is 24.0 Å². The number of benzene rings is 2. The van der Waals surface area contributed by atoms with Gasteiger partial charge in [-0.3, -0.25) is 14.7 Å². The maximum absolute atomic E-state index is 16.3. The van der Waals surface area contributed by atoms with Gasteiger partial charge < -0.3 is 19.3 Å². The molecule has 1 spiro atoms. The summed E-state index contributed by atoms with van der Waals surface area (Å²) >= 11 is 0. The van der Waals surface area contributed by atoms with Gasteiger partial charge >= 0.3 is 6.01 Å². The molecule has 48 heavy (non-hydrogen) atoms. The highest BCUT2D eigenvalue weighted by atomic mass is 19.1. The lowest BCUT2D eigenvalue weighted by Gasteiger charge is -2.55. The molecule has 1 amide bonds. The fraction of sp³-hybridized carbons (Fsp3) is 0.389. The van der Waals surface area contributed by atoms with E-state index in [1.165, 1.54) is 38.3 Å². The van der Waals surface area contributed by atoms with Gasteiger partial charge in [0.1, 0.15) is 34.6 Å². The van der Waals surface area contributed by atoms with Crippen molar-refractivity contribution >= 4 is 33.4 Å². The lowest BCUT2D eigenvalue weighted by molar-refractivity contribution is -0.164. The van der Waals surface area contributed by atoms with Gasteiger partial charge in [0.2, 0.25) is 5.91 Å². The van der Waals surface area contributed by atoms with Crippen molar-refractivity contribution in [2.45, 2.75) is 37.0 Å². The topological polar surface area (TPSA) is 83.9 Å². The number of piperazine rings is 1. The van der Waals surface area contributed by atoms with Gasteiger partial charge in [0.05, 0.1) is 31.3 Å². The average Bonchev–Trinajstić information content (AvgIpc) is 3.68. The van der Waals surface area contributed by atoms with Crippen LogP contribution in [0.5, 0.6) is 6.01 Å². The van der Waals surface area contributed by atoms with Crippen molar-refractivity contribution in [1.82, 2.24) is 24.8 Å². The highest BCUT2D eigenvalue weighted by Gasteiger charge is 2.50. The molecule has 4 saturated heterocycles. The second kappa shape index (κ2) is 12.7. The van der Waals surface area contributed by atoms with E-state index in [0.717, 1.165) is 13.0 Å². The van der Waals surface area contributed by atoms with Crippen LogP contribution in [-0.2, 0) is 9.53 Å². The van der Waals surface area contributed by atoms with Crippen molar-refractivity contribution in [3.8, 4) is 29.6 Å². The van der Waals surface area contributed by atoms with Gasteiger partial charge in [0.25, 0.3) is 0 Å². The summed E-state index contributed by atoms with van der Waals surface area (Å²) in [5.74, 6) is 1.36. The number of carbonyl (C=O) groups excluding carboxylic acids is 1. The molecule has 2 aromatic carbocycles. The molecule has 0 N–H and O–H groups in total. The third kappa shape index (κ3) is 5.41. The summed E-state index contributed by atoms with van der Waals surface area (Å²) < 4.78 is 54.3. The summed E-state index contributed by atoms with van der Waals surface area (Å²) in [6, 6.07) is 8.63. The SMILES string of the molecule is C#Cc1c(F)ccc2cccc(-c3ncc4c(N5CCN(C(=O)C=C)C6(COC6)C5)nc(OC)nc4c3F)c12.FC1CC2CCCN2C1. The van der Waals surface area contributed by atoms with Crippen molar-refractivity contribution in [2.75, 3.05) is 57.9 Å². The fourth-order valence-corrected chi connectivity index (χ4v) is 7.46. The maximum atomic E-state index is 16.3. The first-order valence-corrected chi connectivity index (χ1v) is 16.0. The molecule has 0 saturated carbocycles. The van der Waals surface area contributed by atoms with Gasteiger partial charge in [-0.25, -0.2) is 13.2 Å². The van der Waals surface area contributed by atoms with Crippen molar-refractivity contribution in [3.63, 3.8) is 0 Å². The quantitative estimate of drug-likeness (QED) is 0.227. The summed E-state index contributed by atoms with van der Waals surface area (Å²) in [6.07, 6.45) is 11.2. The Morgan fingerprint density at radius 2 is 2.02 bits per heavy atom. The predicted octanol–water partition coefficient (Wildman–Crippen LogP) is 4.91. The largest absolute Gasteiger partial charge is 0.467 e. The van der Waals surface area contributed by atoms with Crippen LogP contribution in [0.2, 0.25) is 0 Å². The Kier molecular flexibility index (Phi) is 8.43. The third-order valence-corrected chi connectivity index (χ3v) is 9.81. The molecule has 2 aromatic heterocycles. The van der Waals surface area contributed by atoms with Crippen molar-refractivity contribution < 1.29 is 27.4 Å². The maximum Gasteiger partial charge on any atom is 0.318 e. The number of fused-ring (bicyclic) bond motifs is 3. The average molecular weight is 657 g/mol. The Balaban J connectivity index is 0.000000347. The Bertz CT molecular complexity index is 1950. The van der Waals surface area contributed by atoms with Gasteiger partial charge in [-0.15, -0.1) is 6.42 Å². The van der Waals surface area contributed by atoms with E-state index in [9.17, 15) is 13.6 Å². The summed E-state index contributed by atoms with van der Waals surface area (Å²) in [4.78, 5) is 31.8. The fourth-order valence-electron chi connectivity index (χ4n) is 7.46. The van der Waals surface area contributed by atoms with E-state index in [4.69, 9.17) is 15.9 Å². The number of hydrogen-bond donors (Lipinski definition) is 0. The number of nitrogens with zero attached hydrogens (tertiary/aromatic N) is 6. The number of carbonyl (C=O) groups is 1. The summed E-state index contributed by atoms with van der Waals surface area (Å²) in [5.41, 5.74) is -0.183. The predicted molar refractivity (Wildman–Crippen MR) is 176 cm³/mol. The lowest BCUT2D eigenvalue weighted by atomic mass is 9.91. The summed E-state index contributed by atoms with van der Waals surface area (Å²) in [5, 5.41) is 1.42. The van der Waals surface area contributed by atoms with Crippen LogP contribution < -0.4 is 9.64 Å². The first kappa shape index (κ1) is 31.8. The van der Waals surface area contributed by atoms with E-state index < -0.39 is 23.3 Å². The molecule has 0 radical (unpaired) electrons. The summed E-state index contributed by atoms with van der Waals surface area (Å²) in [6.45, 7) is 7.47. The number of methoxy groups -OCH3 is 1. The van der Waals surface area contributed by atoms with Gasteiger partial charge in [-0.1, -0.05) is 36.8 Å². The van der Waals surface area contributed by atoms with Crippen LogP contribution in [0.4, 0.5) is 19.0 Å². The van der Waals surface area contributed by atoms with Crippen LogP contribution in [0.3, 0.4) is 0 Å². The van der Waals surface area contributed by atoms with Gasteiger partial charge in [0, 0.05) is 49.4 Å². The molecular weight excluding hydrogens is 621 g/mol. The molecular formula is C36H35F3N6O3. The molecule has 4 aliphatic rings. The smallest absolute Gasteiger partial charge is 0.318 e. The molecule has 4 aromatic rings. The molecule has 6 heterocycles. The molecule has 0 bridgehead atoms. The number of terminal acetylenes is 1. The molecule has 9 nitrogen and oxygen atoms in total. The standard InChI is InChI=1S/C29H23F2N5O3.C7H12FN/c1-4-18-21(30)10-9-17-7-6-8-19(23(17)18)25-24(31)26-20(13-32-25)27(34-28(33-26)38-3)35-11-12-36(22(37)5-2)29(14-35)15-39-16-29;8-6-4-7-2-1-3-9(7)5-6/h1,5-10,13H,2,11-12,14-16H2,3H3;6-7H,1-5H2. The van der Waals surface area contributed by atoms with Gasteiger partial charge in [-0.05, 0) is 43.3 Å². The van der Waals surface area contributed by atoms with Crippen LogP contribution >= 0.6 is 0 Å². The van der Waals surface area contributed by atoms with E-state index in [2.05, 4.69) is 32.4 Å². The summed E-state index contributed by atoms with van der Waals surface area (Å²) in [7, 11) is 1.40. The number of ether oxygens (including phenoxy) is 2. The molecule has 2 unspecified atom stereocenters. The zero-order valence-corrected chi connectivity index (χ0v) is 26.6. The normalized spacial score (nSPS) is 21.4. The van der Waals surface area contributed by atoms with E-state index in [1.807, 2.05) is 4.90 Å². The Hall–Kier alpha value is -4.73. The van der Waals surface area contributed by atoms with E-state index in [-0.39, 0.29) is 28.7 Å². The highest BCUT2D eigenvalue weighted by molar-refractivity contribution is 6.02. The minimum Gasteiger partial charge on any atom is -0.467 e. The number of hydrogen-bond acceptors (Lipinski definition) is 8. The Morgan fingerprint density at radius 1 is 1.19 bits per heavy atom. The van der Waals surface area contributed by atoms with E-state index >= 15 is 4.39 Å².